The first-order chi connectivity index (χ1) is 5.65. The fourth-order valence-corrected chi connectivity index (χ4v) is 1.28. The number of hydrogen-bond donors (Lipinski definition) is 2. The first-order valence-corrected chi connectivity index (χ1v) is 4.03. The topological polar surface area (TPSA) is 40.5 Å². The van der Waals surface area contributed by atoms with Gasteiger partial charge in [0.25, 0.3) is 0 Å². The van der Waals surface area contributed by atoms with Gasteiger partial charge < -0.3 is 10.2 Å². The van der Waals surface area contributed by atoms with Crippen molar-refractivity contribution in [2.45, 2.75) is 26.6 Å². The van der Waals surface area contributed by atoms with Crippen LogP contribution in [-0.2, 0) is 6.61 Å². The third kappa shape index (κ3) is 1.84. The van der Waals surface area contributed by atoms with Crippen LogP contribution in [0.4, 0.5) is 0 Å². The lowest BCUT2D eigenvalue weighted by molar-refractivity contribution is 0.193. The zero-order valence-corrected chi connectivity index (χ0v) is 7.41. The molecule has 0 spiro atoms. The van der Waals surface area contributed by atoms with Crippen LogP contribution in [0.3, 0.4) is 0 Å². The number of hydrogen-bond acceptors (Lipinski definition) is 2. The molecule has 1 aromatic carbocycles. The summed E-state index contributed by atoms with van der Waals surface area (Å²) >= 11 is 0. The Bertz CT molecular complexity index is 267. The van der Waals surface area contributed by atoms with Gasteiger partial charge in [0.2, 0.25) is 0 Å². The van der Waals surface area contributed by atoms with Crippen LogP contribution in [0.25, 0.3) is 0 Å². The molecule has 0 aliphatic heterocycles. The minimum atomic E-state index is -0.507. The lowest BCUT2D eigenvalue weighted by Gasteiger charge is -2.10. The van der Waals surface area contributed by atoms with Crippen molar-refractivity contribution in [2.75, 3.05) is 0 Å². The number of aliphatic hydroxyl groups excluding tert-OH is 2. The Hall–Kier alpha value is -0.860. The Labute approximate surface area is 72.5 Å². The highest BCUT2D eigenvalue weighted by molar-refractivity contribution is 5.32. The van der Waals surface area contributed by atoms with Gasteiger partial charge in [-0.2, -0.15) is 0 Å². The molecule has 0 aromatic heterocycles. The van der Waals surface area contributed by atoms with Gasteiger partial charge in [-0.1, -0.05) is 23.8 Å². The third-order valence-electron chi connectivity index (χ3n) is 1.92. The second-order valence-corrected chi connectivity index (χ2v) is 3.04. The zero-order valence-electron chi connectivity index (χ0n) is 7.41. The molecule has 1 aromatic rings. The lowest BCUT2D eigenvalue weighted by atomic mass is 10.0. The molecule has 2 N–H and O–H groups in total. The second kappa shape index (κ2) is 3.70. The maximum atomic E-state index is 9.32. The monoisotopic (exact) mass is 166 g/mol. The van der Waals surface area contributed by atoms with Crippen LogP contribution in [0.1, 0.15) is 29.7 Å². The van der Waals surface area contributed by atoms with E-state index in [2.05, 4.69) is 0 Å². The molecule has 12 heavy (non-hydrogen) atoms. The summed E-state index contributed by atoms with van der Waals surface area (Å²) < 4.78 is 0. The van der Waals surface area contributed by atoms with Crippen LogP contribution < -0.4 is 0 Å². The quantitative estimate of drug-likeness (QED) is 0.699. The van der Waals surface area contributed by atoms with Gasteiger partial charge in [0.05, 0.1) is 12.7 Å². The van der Waals surface area contributed by atoms with Gasteiger partial charge in [-0.05, 0) is 25.0 Å². The first kappa shape index (κ1) is 9.23. The van der Waals surface area contributed by atoms with E-state index in [1.54, 1.807) is 6.92 Å². The first-order valence-electron chi connectivity index (χ1n) is 4.03. The number of benzene rings is 1. The van der Waals surface area contributed by atoms with Gasteiger partial charge in [0.15, 0.2) is 0 Å². The third-order valence-corrected chi connectivity index (χ3v) is 1.92. The minimum Gasteiger partial charge on any atom is -0.392 e. The molecule has 66 valence electrons. The Balaban J connectivity index is 3.11. The molecule has 0 amide bonds. The molecule has 1 rings (SSSR count). The highest BCUT2D eigenvalue weighted by Gasteiger charge is 2.06. The molecule has 0 heterocycles. The average molecular weight is 166 g/mol. The summed E-state index contributed by atoms with van der Waals surface area (Å²) in [5, 5.41) is 18.3. The smallest absolute Gasteiger partial charge is 0.0765 e. The number of rotatable bonds is 2. The summed E-state index contributed by atoms with van der Waals surface area (Å²) in [6.07, 6.45) is -0.507. The van der Waals surface area contributed by atoms with E-state index in [1.807, 2.05) is 25.1 Å². The van der Waals surface area contributed by atoms with Gasteiger partial charge >= 0.3 is 0 Å². The minimum absolute atomic E-state index is 0.0120. The van der Waals surface area contributed by atoms with E-state index in [4.69, 9.17) is 5.11 Å². The van der Waals surface area contributed by atoms with Crippen molar-refractivity contribution in [3.63, 3.8) is 0 Å². The highest BCUT2D eigenvalue weighted by atomic mass is 16.3. The molecule has 0 saturated carbocycles. The maximum absolute atomic E-state index is 9.32. The number of aliphatic hydroxyl groups is 2. The number of aryl methyl sites for hydroxylation is 1. The van der Waals surface area contributed by atoms with Crippen molar-refractivity contribution in [3.05, 3.63) is 34.9 Å². The van der Waals surface area contributed by atoms with Gasteiger partial charge in [-0.3, -0.25) is 0 Å². The SMILES string of the molecule is Cc1ccc(C(C)O)c(CO)c1. The van der Waals surface area contributed by atoms with Gasteiger partial charge in [0.1, 0.15) is 0 Å². The summed E-state index contributed by atoms with van der Waals surface area (Å²) in [5.74, 6) is 0. The largest absolute Gasteiger partial charge is 0.392 e. The van der Waals surface area contributed by atoms with E-state index in [1.165, 1.54) is 0 Å². The fraction of sp³-hybridized carbons (Fsp3) is 0.400. The Morgan fingerprint density at radius 3 is 2.58 bits per heavy atom. The van der Waals surface area contributed by atoms with Crippen molar-refractivity contribution in [2.24, 2.45) is 0 Å². The van der Waals surface area contributed by atoms with Crippen molar-refractivity contribution < 1.29 is 10.2 Å². The summed E-state index contributed by atoms with van der Waals surface area (Å²) in [5.41, 5.74) is 2.72. The molecule has 0 aliphatic carbocycles. The van der Waals surface area contributed by atoms with E-state index in [9.17, 15) is 5.11 Å². The Morgan fingerprint density at radius 2 is 2.08 bits per heavy atom. The lowest BCUT2D eigenvalue weighted by Crippen LogP contribution is -1.98. The zero-order chi connectivity index (χ0) is 9.14. The normalized spacial score (nSPS) is 13.0. The van der Waals surface area contributed by atoms with Gasteiger partial charge in [-0.15, -0.1) is 0 Å². The molecule has 0 fully saturated rings. The summed E-state index contributed by atoms with van der Waals surface area (Å²) in [4.78, 5) is 0. The van der Waals surface area contributed by atoms with E-state index >= 15 is 0 Å². The predicted octanol–water partition coefficient (Wildman–Crippen LogP) is 1.54. The van der Waals surface area contributed by atoms with Crippen molar-refractivity contribution in [3.8, 4) is 0 Å². The highest BCUT2D eigenvalue weighted by Crippen LogP contribution is 2.18. The van der Waals surface area contributed by atoms with E-state index < -0.39 is 6.10 Å². The van der Waals surface area contributed by atoms with Crippen molar-refractivity contribution in [1.29, 1.82) is 0 Å². The molecule has 1 unspecified atom stereocenters. The maximum Gasteiger partial charge on any atom is 0.0765 e. The summed E-state index contributed by atoms with van der Waals surface area (Å²) in [6.45, 7) is 3.65. The molecular weight excluding hydrogens is 152 g/mol. The van der Waals surface area contributed by atoms with E-state index in [0.29, 0.717) is 0 Å². The molecule has 2 heteroatoms. The molecule has 0 saturated heterocycles. The molecular formula is C10H14O2. The summed E-state index contributed by atoms with van der Waals surface area (Å²) in [6, 6.07) is 5.68. The van der Waals surface area contributed by atoms with E-state index in [0.717, 1.165) is 16.7 Å². The van der Waals surface area contributed by atoms with Crippen LogP contribution in [0, 0.1) is 6.92 Å². The molecule has 2 nitrogen and oxygen atoms in total. The standard InChI is InChI=1S/C10H14O2/c1-7-3-4-10(8(2)12)9(5-7)6-11/h3-5,8,11-12H,6H2,1-2H3. The molecule has 1 atom stereocenters. The Kier molecular flexibility index (Phi) is 2.84. The van der Waals surface area contributed by atoms with Crippen LogP contribution in [0.5, 0.6) is 0 Å². The molecule has 0 radical (unpaired) electrons. The van der Waals surface area contributed by atoms with Crippen LogP contribution >= 0.6 is 0 Å². The van der Waals surface area contributed by atoms with Crippen LogP contribution in [-0.4, -0.2) is 10.2 Å². The van der Waals surface area contributed by atoms with Crippen LogP contribution in [0.15, 0.2) is 18.2 Å². The summed E-state index contributed by atoms with van der Waals surface area (Å²) in [7, 11) is 0. The van der Waals surface area contributed by atoms with Crippen LogP contribution in [0.2, 0.25) is 0 Å². The predicted molar refractivity (Wildman–Crippen MR) is 47.7 cm³/mol. The second-order valence-electron chi connectivity index (χ2n) is 3.04. The fourth-order valence-electron chi connectivity index (χ4n) is 1.28. The van der Waals surface area contributed by atoms with Crippen molar-refractivity contribution >= 4 is 0 Å². The average Bonchev–Trinajstić information content (AvgIpc) is 2.03. The molecule has 0 bridgehead atoms. The van der Waals surface area contributed by atoms with Gasteiger partial charge in [-0.25, -0.2) is 0 Å². The Morgan fingerprint density at radius 1 is 1.42 bits per heavy atom. The van der Waals surface area contributed by atoms with Gasteiger partial charge in [0, 0.05) is 0 Å². The van der Waals surface area contributed by atoms with E-state index in [-0.39, 0.29) is 6.61 Å². The van der Waals surface area contributed by atoms with Crippen molar-refractivity contribution in [1.82, 2.24) is 0 Å². The molecule has 0 aliphatic rings.